The zero-order valence-corrected chi connectivity index (χ0v) is 20.1. The first-order valence-corrected chi connectivity index (χ1v) is 12.1. The van der Waals surface area contributed by atoms with Crippen LogP contribution in [0.15, 0.2) is 77.6 Å². The highest BCUT2D eigenvalue weighted by atomic mass is 19.4. The smallest absolute Gasteiger partial charge is 0.406 e. The Kier molecular flexibility index (Phi) is 6.50. The van der Waals surface area contributed by atoms with Gasteiger partial charge in [0.05, 0.1) is 0 Å². The van der Waals surface area contributed by atoms with Gasteiger partial charge < -0.3 is 14.6 Å². The standard InChI is InChI=1S/C29H25F3N2O3/c1-18-23(19-11-13-22(14-12-19)37-29(30,31)32)9-4-10-24(18)28(36)34-15-5-7-21(17-34)26-16-20-6-2-3-8-25(20)27(35)33-26/h2-4,6,8-14,16,21H,5,7,15,17H2,1H3,(H,33,35)/t21-/m0/s1. The number of rotatable bonds is 4. The van der Waals surface area contributed by atoms with E-state index in [9.17, 15) is 22.8 Å². The molecule has 2 heterocycles. The first-order valence-electron chi connectivity index (χ1n) is 12.1. The molecule has 4 aromatic rings. The quantitative estimate of drug-likeness (QED) is 0.347. The molecule has 37 heavy (non-hydrogen) atoms. The summed E-state index contributed by atoms with van der Waals surface area (Å²) < 4.78 is 41.4. The minimum absolute atomic E-state index is 0.0136. The number of nitrogens with one attached hydrogen (secondary N) is 1. The molecule has 1 saturated heterocycles. The first-order chi connectivity index (χ1) is 17.7. The number of carbonyl (C=O) groups excluding carboxylic acids is 1. The van der Waals surface area contributed by atoms with Crippen LogP contribution in [0.4, 0.5) is 13.2 Å². The van der Waals surface area contributed by atoms with Crippen LogP contribution in [0.1, 0.15) is 40.4 Å². The number of fused-ring (bicyclic) bond motifs is 1. The number of benzene rings is 3. The number of nitrogens with zero attached hydrogens (tertiary/aromatic N) is 1. The molecule has 0 spiro atoms. The summed E-state index contributed by atoms with van der Waals surface area (Å²) in [6, 6.07) is 20.4. The molecule has 1 aliphatic heterocycles. The van der Waals surface area contributed by atoms with Gasteiger partial charge in [0.15, 0.2) is 0 Å². The van der Waals surface area contributed by atoms with Crippen LogP contribution in [-0.4, -0.2) is 35.2 Å². The van der Waals surface area contributed by atoms with Gasteiger partial charge in [-0.05, 0) is 72.2 Å². The number of aromatic amines is 1. The fourth-order valence-corrected chi connectivity index (χ4v) is 5.05. The monoisotopic (exact) mass is 506 g/mol. The van der Waals surface area contributed by atoms with E-state index in [2.05, 4.69) is 9.72 Å². The van der Waals surface area contributed by atoms with E-state index in [-0.39, 0.29) is 23.1 Å². The maximum atomic E-state index is 13.6. The Balaban J connectivity index is 1.38. The molecule has 1 amide bonds. The number of pyridine rings is 1. The second-order valence-electron chi connectivity index (χ2n) is 9.28. The SMILES string of the molecule is Cc1c(C(=O)N2CCC[C@H](c3cc4ccccc4c(=O)[nH]3)C2)cccc1-c1ccc(OC(F)(F)F)cc1. The van der Waals surface area contributed by atoms with Crippen LogP contribution < -0.4 is 10.3 Å². The summed E-state index contributed by atoms with van der Waals surface area (Å²) in [4.78, 5) is 31.0. The average molecular weight is 507 g/mol. The molecule has 5 nitrogen and oxygen atoms in total. The third-order valence-corrected chi connectivity index (χ3v) is 6.89. The van der Waals surface area contributed by atoms with Crippen LogP contribution in [0.2, 0.25) is 0 Å². The predicted molar refractivity (Wildman–Crippen MR) is 136 cm³/mol. The highest BCUT2D eigenvalue weighted by Crippen LogP contribution is 2.32. The first kappa shape index (κ1) is 24.6. The summed E-state index contributed by atoms with van der Waals surface area (Å²) in [5, 5.41) is 1.51. The van der Waals surface area contributed by atoms with Crippen molar-refractivity contribution in [2.45, 2.75) is 32.0 Å². The Labute approximate surface area is 211 Å². The number of aromatic nitrogens is 1. The summed E-state index contributed by atoms with van der Waals surface area (Å²) in [6.07, 6.45) is -3.08. The number of carbonyl (C=O) groups is 1. The number of likely N-dealkylation sites (tertiary alicyclic amines) is 1. The van der Waals surface area contributed by atoms with Crippen molar-refractivity contribution in [3.63, 3.8) is 0 Å². The van der Waals surface area contributed by atoms with Crippen molar-refractivity contribution in [3.05, 3.63) is 100.0 Å². The molecule has 3 aromatic carbocycles. The van der Waals surface area contributed by atoms with Gasteiger partial charge in [0, 0.05) is 35.7 Å². The maximum absolute atomic E-state index is 13.6. The van der Waals surface area contributed by atoms with Gasteiger partial charge in [-0.2, -0.15) is 0 Å². The number of hydrogen-bond donors (Lipinski definition) is 1. The van der Waals surface area contributed by atoms with E-state index in [0.717, 1.165) is 35.0 Å². The minimum atomic E-state index is -4.75. The largest absolute Gasteiger partial charge is 0.573 e. The van der Waals surface area contributed by atoms with E-state index < -0.39 is 6.36 Å². The van der Waals surface area contributed by atoms with Gasteiger partial charge >= 0.3 is 6.36 Å². The molecule has 1 aromatic heterocycles. The van der Waals surface area contributed by atoms with Crippen molar-refractivity contribution >= 4 is 16.7 Å². The fourth-order valence-electron chi connectivity index (χ4n) is 5.05. The van der Waals surface area contributed by atoms with Crippen LogP contribution in [0.5, 0.6) is 5.75 Å². The van der Waals surface area contributed by atoms with Crippen molar-refractivity contribution in [2.75, 3.05) is 13.1 Å². The Hall–Kier alpha value is -4.07. The van der Waals surface area contributed by atoms with E-state index in [0.29, 0.717) is 29.6 Å². The average Bonchev–Trinajstić information content (AvgIpc) is 2.88. The molecule has 0 aliphatic carbocycles. The molecule has 1 N–H and O–H groups in total. The Bertz CT molecular complexity index is 1510. The number of ether oxygens (including phenoxy) is 1. The van der Waals surface area contributed by atoms with Gasteiger partial charge in [-0.1, -0.05) is 42.5 Å². The maximum Gasteiger partial charge on any atom is 0.573 e. The Morgan fingerprint density at radius 1 is 1.03 bits per heavy atom. The molecule has 190 valence electrons. The topological polar surface area (TPSA) is 62.4 Å². The normalized spacial score (nSPS) is 16.1. The van der Waals surface area contributed by atoms with Gasteiger partial charge in [-0.15, -0.1) is 13.2 Å². The summed E-state index contributed by atoms with van der Waals surface area (Å²) in [6.45, 7) is 2.94. The van der Waals surface area contributed by atoms with Crippen molar-refractivity contribution in [1.82, 2.24) is 9.88 Å². The molecular formula is C29H25F3N2O3. The minimum Gasteiger partial charge on any atom is -0.406 e. The van der Waals surface area contributed by atoms with Crippen LogP contribution in [0.3, 0.4) is 0 Å². The molecule has 1 fully saturated rings. The number of halogens is 3. The van der Waals surface area contributed by atoms with E-state index in [1.165, 1.54) is 12.1 Å². The molecule has 0 bridgehead atoms. The fraction of sp³-hybridized carbons (Fsp3) is 0.241. The van der Waals surface area contributed by atoms with Crippen LogP contribution >= 0.6 is 0 Å². The number of amides is 1. The third-order valence-electron chi connectivity index (χ3n) is 6.89. The lowest BCUT2D eigenvalue weighted by molar-refractivity contribution is -0.274. The number of piperidine rings is 1. The highest BCUT2D eigenvalue weighted by Gasteiger charge is 2.31. The Morgan fingerprint density at radius 2 is 1.78 bits per heavy atom. The lowest BCUT2D eigenvalue weighted by atomic mass is 9.91. The van der Waals surface area contributed by atoms with Crippen molar-refractivity contribution in [1.29, 1.82) is 0 Å². The highest BCUT2D eigenvalue weighted by molar-refractivity contribution is 5.97. The second kappa shape index (κ2) is 9.76. The zero-order chi connectivity index (χ0) is 26.2. The van der Waals surface area contributed by atoms with Crippen molar-refractivity contribution in [2.24, 2.45) is 0 Å². The van der Waals surface area contributed by atoms with Crippen LogP contribution in [0, 0.1) is 6.92 Å². The summed E-state index contributed by atoms with van der Waals surface area (Å²) in [5.74, 6) is -0.392. The molecule has 1 aliphatic rings. The molecule has 8 heteroatoms. The molecule has 0 unspecified atom stereocenters. The van der Waals surface area contributed by atoms with Crippen LogP contribution in [-0.2, 0) is 0 Å². The Morgan fingerprint density at radius 3 is 2.54 bits per heavy atom. The molecule has 0 radical (unpaired) electrons. The molecule has 5 rings (SSSR count). The predicted octanol–water partition coefficient (Wildman–Crippen LogP) is 6.42. The van der Waals surface area contributed by atoms with E-state index in [1.807, 2.05) is 42.2 Å². The van der Waals surface area contributed by atoms with E-state index in [4.69, 9.17) is 0 Å². The van der Waals surface area contributed by atoms with E-state index in [1.54, 1.807) is 30.3 Å². The van der Waals surface area contributed by atoms with Crippen molar-refractivity contribution in [3.8, 4) is 16.9 Å². The van der Waals surface area contributed by atoms with Gasteiger partial charge in [0.25, 0.3) is 11.5 Å². The van der Waals surface area contributed by atoms with Gasteiger partial charge in [0.1, 0.15) is 5.75 Å². The molecular weight excluding hydrogens is 481 g/mol. The number of alkyl halides is 3. The van der Waals surface area contributed by atoms with E-state index >= 15 is 0 Å². The molecule has 0 saturated carbocycles. The number of hydrogen-bond acceptors (Lipinski definition) is 3. The lowest BCUT2D eigenvalue weighted by Crippen LogP contribution is -2.39. The van der Waals surface area contributed by atoms with Gasteiger partial charge in [0.2, 0.25) is 0 Å². The third kappa shape index (κ3) is 5.23. The summed E-state index contributed by atoms with van der Waals surface area (Å²) in [5.41, 5.74) is 3.43. The second-order valence-corrected chi connectivity index (χ2v) is 9.28. The lowest BCUT2D eigenvalue weighted by Gasteiger charge is -2.33. The summed E-state index contributed by atoms with van der Waals surface area (Å²) in [7, 11) is 0. The van der Waals surface area contributed by atoms with Crippen LogP contribution in [0.25, 0.3) is 21.9 Å². The van der Waals surface area contributed by atoms with Gasteiger partial charge in [-0.25, -0.2) is 0 Å². The zero-order valence-electron chi connectivity index (χ0n) is 20.1. The molecule has 1 atom stereocenters. The summed E-state index contributed by atoms with van der Waals surface area (Å²) >= 11 is 0. The van der Waals surface area contributed by atoms with Gasteiger partial charge in [-0.3, -0.25) is 9.59 Å². The number of H-pyrrole nitrogens is 1. The van der Waals surface area contributed by atoms with Crippen molar-refractivity contribution < 1.29 is 22.7 Å².